The molecule has 0 saturated heterocycles. The van der Waals surface area contributed by atoms with Crippen molar-refractivity contribution in [2.75, 3.05) is 23.4 Å². The minimum atomic E-state index is 0.691. The zero-order valence-corrected chi connectivity index (χ0v) is 11.6. The van der Waals surface area contributed by atoms with Crippen molar-refractivity contribution >= 4 is 11.6 Å². The number of aromatic nitrogens is 2. The third kappa shape index (κ3) is 2.32. The zero-order chi connectivity index (χ0) is 13.9. The molecule has 3 rings (SSSR count). The van der Waals surface area contributed by atoms with Crippen molar-refractivity contribution in [1.82, 2.24) is 9.97 Å². The van der Waals surface area contributed by atoms with Gasteiger partial charge in [0.2, 0.25) is 0 Å². The van der Waals surface area contributed by atoms with Gasteiger partial charge in [0.05, 0.1) is 0 Å². The molecular weight excluding hydrogens is 250 g/mol. The molecule has 0 spiro atoms. The molecule has 3 N–H and O–H groups in total. The van der Waals surface area contributed by atoms with E-state index in [1.165, 1.54) is 11.1 Å². The Balaban J connectivity index is 1.87. The lowest BCUT2D eigenvalue weighted by Crippen LogP contribution is -2.28. The lowest BCUT2D eigenvalue weighted by molar-refractivity contribution is 0.783. The zero-order valence-electron chi connectivity index (χ0n) is 11.6. The van der Waals surface area contributed by atoms with Gasteiger partial charge in [-0.25, -0.2) is 15.8 Å². The average molecular weight is 269 g/mol. The van der Waals surface area contributed by atoms with Crippen molar-refractivity contribution in [1.29, 1.82) is 0 Å². The van der Waals surface area contributed by atoms with E-state index in [1.807, 2.05) is 6.92 Å². The third-order valence-corrected chi connectivity index (χ3v) is 3.91. The van der Waals surface area contributed by atoms with Gasteiger partial charge < -0.3 is 10.3 Å². The van der Waals surface area contributed by atoms with E-state index in [0.29, 0.717) is 5.82 Å². The third-order valence-electron chi connectivity index (χ3n) is 3.91. The van der Waals surface area contributed by atoms with Crippen molar-refractivity contribution in [2.45, 2.75) is 19.8 Å². The maximum atomic E-state index is 5.49. The SMILES string of the molecule is Cc1c(NN)ncnc1N1CCc2ccccc2CC1. The Bertz CT molecular complexity index is 584. The number of nitrogens with zero attached hydrogens (tertiary/aromatic N) is 3. The van der Waals surface area contributed by atoms with Crippen molar-refractivity contribution in [2.24, 2.45) is 5.84 Å². The second-order valence-electron chi connectivity index (χ2n) is 5.07. The van der Waals surface area contributed by atoms with Gasteiger partial charge >= 0.3 is 0 Å². The second-order valence-corrected chi connectivity index (χ2v) is 5.07. The first kappa shape index (κ1) is 12.9. The highest BCUT2D eigenvalue weighted by molar-refractivity contribution is 5.57. The van der Waals surface area contributed by atoms with E-state index in [9.17, 15) is 0 Å². The number of rotatable bonds is 2. The van der Waals surface area contributed by atoms with Gasteiger partial charge in [-0.1, -0.05) is 24.3 Å². The molecule has 2 aromatic rings. The number of nitrogens with two attached hydrogens (primary N) is 1. The molecule has 20 heavy (non-hydrogen) atoms. The summed E-state index contributed by atoms with van der Waals surface area (Å²) in [6, 6.07) is 8.67. The number of nitrogens with one attached hydrogen (secondary N) is 1. The molecule has 5 heteroatoms. The van der Waals surface area contributed by atoms with Crippen LogP contribution in [0, 0.1) is 6.92 Å². The summed E-state index contributed by atoms with van der Waals surface area (Å²) in [5, 5.41) is 0. The minimum absolute atomic E-state index is 0.691. The number of hydrogen-bond donors (Lipinski definition) is 2. The van der Waals surface area contributed by atoms with Crippen LogP contribution in [0.4, 0.5) is 11.6 Å². The number of benzene rings is 1. The summed E-state index contributed by atoms with van der Waals surface area (Å²) < 4.78 is 0. The Kier molecular flexibility index (Phi) is 3.52. The van der Waals surface area contributed by atoms with Gasteiger partial charge in [0.25, 0.3) is 0 Å². The quantitative estimate of drug-likeness (QED) is 0.641. The fourth-order valence-electron chi connectivity index (χ4n) is 2.78. The molecule has 1 aromatic heterocycles. The smallest absolute Gasteiger partial charge is 0.148 e. The first-order valence-electron chi connectivity index (χ1n) is 6.89. The van der Waals surface area contributed by atoms with Crippen molar-refractivity contribution in [3.05, 3.63) is 47.3 Å². The van der Waals surface area contributed by atoms with Crippen LogP contribution in [0.25, 0.3) is 0 Å². The highest BCUT2D eigenvalue weighted by atomic mass is 15.3. The molecular formula is C15H19N5. The summed E-state index contributed by atoms with van der Waals surface area (Å²) in [5.41, 5.74) is 6.52. The molecule has 0 unspecified atom stereocenters. The molecule has 2 heterocycles. The maximum Gasteiger partial charge on any atom is 0.148 e. The van der Waals surface area contributed by atoms with Crippen LogP contribution in [0.2, 0.25) is 0 Å². The van der Waals surface area contributed by atoms with Gasteiger partial charge in [-0.15, -0.1) is 0 Å². The summed E-state index contributed by atoms with van der Waals surface area (Å²) in [7, 11) is 0. The fourth-order valence-corrected chi connectivity index (χ4v) is 2.78. The van der Waals surface area contributed by atoms with Crippen LogP contribution in [-0.2, 0) is 12.8 Å². The normalized spacial score (nSPS) is 14.6. The van der Waals surface area contributed by atoms with Gasteiger partial charge in [0.1, 0.15) is 18.0 Å². The first-order valence-corrected chi connectivity index (χ1v) is 6.89. The van der Waals surface area contributed by atoms with Crippen LogP contribution in [0.1, 0.15) is 16.7 Å². The largest absolute Gasteiger partial charge is 0.356 e. The standard InChI is InChI=1S/C15H19N5/c1-11-14(19-16)17-10-18-15(11)20-8-6-12-4-2-3-5-13(12)7-9-20/h2-5,10H,6-9,16H2,1H3,(H,17,18,19). The fraction of sp³-hybridized carbons (Fsp3) is 0.333. The Morgan fingerprint density at radius 3 is 2.35 bits per heavy atom. The number of nitrogen functional groups attached to an aromatic ring is 1. The van der Waals surface area contributed by atoms with E-state index in [-0.39, 0.29) is 0 Å². The summed E-state index contributed by atoms with van der Waals surface area (Å²) in [6.07, 6.45) is 3.66. The molecule has 0 fully saturated rings. The Labute approximate surface area is 118 Å². The molecule has 0 saturated carbocycles. The Morgan fingerprint density at radius 2 is 1.75 bits per heavy atom. The van der Waals surface area contributed by atoms with Crippen molar-refractivity contribution in [3.8, 4) is 0 Å². The average Bonchev–Trinajstić information content (AvgIpc) is 2.70. The molecule has 0 aliphatic carbocycles. The Morgan fingerprint density at radius 1 is 1.10 bits per heavy atom. The molecule has 0 bridgehead atoms. The summed E-state index contributed by atoms with van der Waals surface area (Å²) >= 11 is 0. The van der Waals surface area contributed by atoms with Gasteiger partial charge in [0.15, 0.2) is 0 Å². The van der Waals surface area contributed by atoms with Crippen LogP contribution in [0.15, 0.2) is 30.6 Å². The van der Waals surface area contributed by atoms with Crippen LogP contribution < -0.4 is 16.2 Å². The predicted molar refractivity (Wildman–Crippen MR) is 80.6 cm³/mol. The molecule has 1 aromatic carbocycles. The summed E-state index contributed by atoms with van der Waals surface area (Å²) in [4.78, 5) is 10.9. The van der Waals surface area contributed by atoms with Gasteiger partial charge in [-0.05, 0) is 30.9 Å². The summed E-state index contributed by atoms with van der Waals surface area (Å²) in [5.74, 6) is 7.15. The molecule has 5 nitrogen and oxygen atoms in total. The topological polar surface area (TPSA) is 67.1 Å². The molecule has 0 radical (unpaired) electrons. The number of fused-ring (bicyclic) bond motifs is 1. The van der Waals surface area contributed by atoms with Crippen molar-refractivity contribution < 1.29 is 0 Å². The molecule has 0 amide bonds. The van der Waals surface area contributed by atoms with Crippen LogP contribution in [-0.4, -0.2) is 23.1 Å². The lowest BCUT2D eigenvalue weighted by atomic mass is 10.0. The van der Waals surface area contributed by atoms with Crippen LogP contribution >= 0.6 is 0 Å². The highest BCUT2D eigenvalue weighted by Crippen LogP contribution is 2.24. The Hall–Kier alpha value is -2.14. The number of hydrogen-bond acceptors (Lipinski definition) is 5. The number of hydrazine groups is 1. The predicted octanol–water partition coefficient (Wildman–Crippen LogP) is 1.68. The van der Waals surface area contributed by atoms with Crippen molar-refractivity contribution in [3.63, 3.8) is 0 Å². The molecule has 1 aliphatic rings. The van der Waals surface area contributed by atoms with E-state index in [4.69, 9.17) is 5.84 Å². The number of anilines is 2. The first-order chi connectivity index (χ1) is 9.79. The molecule has 104 valence electrons. The maximum absolute atomic E-state index is 5.49. The van der Waals surface area contributed by atoms with E-state index in [2.05, 4.69) is 44.6 Å². The molecule has 0 atom stereocenters. The van der Waals surface area contributed by atoms with Crippen LogP contribution in [0.3, 0.4) is 0 Å². The van der Waals surface area contributed by atoms with Gasteiger partial charge in [-0.2, -0.15) is 0 Å². The minimum Gasteiger partial charge on any atom is -0.356 e. The monoisotopic (exact) mass is 269 g/mol. The van der Waals surface area contributed by atoms with Gasteiger partial charge in [-0.3, -0.25) is 0 Å². The second kappa shape index (κ2) is 5.46. The van der Waals surface area contributed by atoms with E-state index in [0.717, 1.165) is 37.3 Å². The van der Waals surface area contributed by atoms with Gasteiger partial charge in [0, 0.05) is 18.7 Å². The van der Waals surface area contributed by atoms with E-state index >= 15 is 0 Å². The van der Waals surface area contributed by atoms with E-state index < -0.39 is 0 Å². The highest BCUT2D eigenvalue weighted by Gasteiger charge is 2.17. The lowest BCUT2D eigenvalue weighted by Gasteiger charge is -2.23. The van der Waals surface area contributed by atoms with Crippen LogP contribution in [0.5, 0.6) is 0 Å². The molecule has 1 aliphatic heterocycles. The van der Waals surface area contributed by atoms with E-state index in [1.54, 1.807) is 6.33 Å². The summed E-state index contributed by atoms with van der Waals surface area (Å²) in [6.45, 7) is 3.94.